The molecule has 4 aromatic heterocycles. The highest BCUT2D eigenvalue weighted by Gasteiger charge is 2.41. The highest BCUT2D eigenvalue weighted by Crippen LogP contribution is 2.41. The first-order valence-electron chi connectivity index (χ1n) is 10.7. The number of pyridine rings is 2. The average molecular weight is 469 g/mol. The summed E-state index contributed by atoms with van der Waals surface area (Å²) in [5.41, 5.74) is 4.17. The van der Waals surface area contributed by atoms with Crippen molar-refractivity contribution in [3.63, 3.8) is 0 Å². The Labute approximate surface area is 200 Å². The van der Waals surface area contributed by atoms with Gasteiger partial charge in [-0.3, -0.25) is 14.5 Å². The van der Waals surface area contributed by atoms with Crippen LogP contribution >= 0.6 is 23.6 Å². The maximum absolute atomic E-state index is 5.82. The molecule has 0 saturated carbocycles. The van der Waals surface area contributed by atoms with Crippen molar-refractivity contribution in [2.24, 2.45) is 0 Å². The van der Waals surface area contributed by atoms with E-state index in [9.17, 15) is 0 Å². The minimum Gasteiger partial charge on any atom is -0.352 e. The SMILES string of the molecule is S=C1N[C@H](c2ccccn2)[C@@H](c2cccn2-c2nc3ccccc3s2)N1Cc1cccnc1. The van der Waals surface area contributed by atoms with Gasteiger partial charge in [-0.05, 0) is 60.2 Å². The Hall–Kier alpha value is -3.62. The van der Waals surface area contributed by atoms with Crippen LogP contribution in [0.1, 0.15) is 29.0 Å². The van der Waals surface area contributed by atoms with E-state index in [0.29, 0.717) is 11.7 Å². The van der Waals surface area contributed by atoms with E-state index < -0.39 is 0 Å². The van der Waals surface area contributed by atoms with Crippen LogP contribution in [0, 0.1) is 0 Å². The number of hydrogen-bond donors (Lipinski definition) is 1. The van der Waals surface area contributed by atoms with Crippen molar-refractivity contribution in [1.82, 2.24) is 29.7 Å². The third-order valence-corrected chi connectivity index (χ3v) is 7.23. The fourth-order valence-electron chi connectivity index (χ4n) is 4.36. The molecule has 0 bridgehead atoms. The van der Waals surface area contributed by atoms with Crippen LogP contribution < -0.4 is 5.32 Å². The van der Waals surface area contributed by atoms with Gasteiger partial charge in [0, 0.05) is 31.3 Å². The van der Waals surface area contributed by atoms with Gasteiger partial charge >= 0.3 is 0 Å². The molecule has 6 nitrogen and oxygen atoms in total. The van der Waals surface area contributed by atoms with Crippen LogP contribution in [0.4, 0.5) is 0 Å². The predicted octanol–water partition coefficient (Wildman–Crippen LogP) is 5.05. The lowest BCUT2D eigenvalue weighted by Gasteiger charge is -2.28. The van der Waals surface area contributed by atoms with E-state index in [2.05, 4.69) is 61.3 Å². The lowest BCUT2D eigenvalue weighted by atomic mass is 10.0. The number of hydrogen-bond acceptors (Lipinski definition) is 5. The summed E-state index contributed by atoms with van der Waals surface area (Å²) in [5.74, 6) is 0. The van der Waals surface area contributed by atoms with Gasteiger partial charge < -0.3 is 10.2 Å². The van der Waals surface area contributed by atoms with Crippen molar-refractivity contribution in [2.45, 2.75) is 18.6 Å². The number of para-hydroxylation sites is 1. The Morgan fingerprint density at radius 1 is 0.970 bits per heavy atom. The lowest BCUT2D eigenvalue weighted by molar-refractivity contribution is 0.302. The van der Waals surface area contributed by atoms with Gasteiger partial charge in [0.2, 0.25) is 0 Å². The number of benzene rings is 1. The minimum atomic E-state index is -0.0848. The minimum absolute atomic E-state index is 0.0605. The highest BCUT2D eigenvalue weighted by molar-refractivity contribution is 7.80. The zero-order valence-electron chi connectivity index (χ0n) is 17.6. The summed E-state index contributed by atoms with van der Waals surface area (Å²) in [5, 5.41) is 5.17. The quantitative estimate of drug-likeness (QED) is 0.364. The first-order valence-corrected chi connectivity index (χ1v) is 11.9. The Morgan fingerprint density at radius 3 is 2.70 bits per heavy atom. The summed E-state index contributed by atoms with van der Waals surface area (Å²) < 4.78 is 3.35. The molecule has 5 aromatic rings. The number of nitrogens with zero attached hydrogens (tertiary/aromatic N) is 5. The first-order chi connectivity index (χ1) is 16.3. The molecule has 5 heterocycles. The number of fused-ring (bicyclic) bond motifs is 1. The standard InChI is InChI=1S/C25H20N6S2/c32-24-29-22(19-9-3-4-13-27-19)23(31(24)16-17-7-5-12-26-15-17)20-10-6-14-30(20)25-28-18-8-1-2-11-21(18)33-25/h1-15,22-23H,16H2,(H,29,32)/t22-,23-/m1/s1. The number of aromatic nitrogens is 4. The second kappa shape index (κ2) is 8.38. The zero-order chi connectivity index (χ0) is 22.2. The van der Waals surface area contributed by atoms with Gasteiger partial charge in [0.1, 0.15) is 0 Å². The normalized spacial score (nSPS) is 18.1. The van der Waals surface area contributed by atoms with Gasteiger partial charge in [-0.25, -0.2) is 4.98 Å². The van der Waals surface area contributed by atoms with Crippen molar-refractivity contribution >= 4 is 38.9 Å². The van der Waals surface area contributed by atoms with Crippen molar-refractivity contribution < 1.29 is 0 Å². The molecule has 1 aliphatic heterocycles. The molecule has 0 spiro atoms. The van der Waals surface area contributed by atoms with E-state index in [1.54, 1.807) is 17.5 Å². The van der Waals surface area contributed by atoms with Gasteiger partial charge in [0.15, 0.2) is 10.2 Å². The second-order valence-electron chi connectivity index (χ2n) is 7.88. The summed E-state index contributed by atoms with van der Waals surface area (Å²) in [6, 6.07) is 22.3. The first kappa shape index (κ1) is 20.0. The summed E-state index contributed by atoms with van der Waals surface area (Å²) in [7, 11) is 0. The Morgan fingerprint density at radius 2 is 1.88 bits per heavy atom. The predicted molar refractivity (Wildman–Crippen MR) is 134 cm³/mol. The Kier molecular flexibility index (Phi) is 5.09. The van der Waals surface area contributed by atoms with E-state index in [0.717, 1.165) is 27.6 Å². The maximum Gasteiger partial charge on any atom is 0.194 e. The van der Waals surface area contributed by atoms with Crippen molar-refractivity contribution in [3.8, 4) is 5.13 Å². The summed E-state index contributed by atoms with van der Waals surface area (Å²) in [6.07, 6.45) is 7.58. The van der Waals surface area contributed by atoms with Gasteiger partial charge in [0.25, 0.3) is 0 Å². The molecule has 1 fully saturated rings. The van der Waals surface area contributed by atoms with E-state index >= 15 is 0 Å². The molecule has 1 N–H and O–H groups in total. The van der Waals surface area contributed by atoms with Crippen molar-refractivity contribution in [2.75, 3.05) is 0 Å². The molecule has 0 radical (unpaired) electrons. The number of thiocarbonyl (C=S) groups is 1. The fraction of sp³-hybridized carbons (Fsp3) is 0.120. The molecular formula is C25H20N6S2. The average Bonchev–Trinajstić information content (AvgIpc) is 3.57. The van der Waals surface area contributed by atoms with Crippen molar-refractivity contribution in [3.05, 3.63) is 108 Å². The second-order valence-corrected chi connectivity index (χ2v) is 9.28. The molecule has 0 amide bonds. The summed E-state index contributed by atoms with van der Waals surface area (Å²) in [4.78, 5) is 16.1. The van der Waals surface area contributed by atoms with E-state index in [1.807, 2.05) is 48.8 Å². The van der Waals surface area contributed by atoms with Gasteiger partial charge in [-0.1, -0.05) is 35.6 Å². The summed E-state index contributed by atoms with van der Waals surface area (Å²) in [6.45, 7) is 0.651. The lowest BCUT2D eigenvalue weighted by Crippen LogP contribution is -2.30. The Bertz CT molecular complexity index is 1380. The number of nitrogens with one attached hydrogen (secondary N) is 1. The molecular weight excluding hydrogens is 448 g/mol. The van der Waals surface area contributed by atoms with Crippen LogP contribution in [0.15, 0.2) is 91.5 Å². The molecule has 6 rings (SSSR count). The maximum atomic E-state index is 5.82. The smallest absolute Gasteiger partial charge is 0.194 e. The molecule has 162 valence electrons. The van der Waals surface area contributed by atoms with Crippen molar-refractivity contribution in [1.29, 1.82) is 0 Å². The molecule has 1 aromatic carbocycles. The molecule has 33 heavy (non-hydrogen) atoms. The van der Waals surface area contributed by atoms with E-state index in [1.165, 1.54) is 4.70 Å². The van der Waals surface area contributed by atoms with Gasteiger partial charge in [-0.15, -0.1) is 0 Å². The number of rotatable bonds is 5. The Balaban J connectivity index is 1.46. The largest absolute Gasteiger partial charge is 0.352 e. The highest BCUT2D eigenvalue weighted by atomic mass is 32.1. The van der Waals surface area contributed by atoms with E-state index in [-0.39, 0.29) is 12.1 Å². The molecule has 1 aliphatic rings. The van der Waals surface area contributed by atoms with Crippen LogP contribution in [0.2, 0.25) is 0 Å². The monoisotopic (exact) mass is 468 g/mol. The fourth-order valence-corrected chi connectivity index (χ4v) is 5.63. The third kappa shape index (κ3) is 3.67. The summed E-state index contributed by atoms with van der Waals surface area (Å²) >= 11 is 7.51. The van der Waals surface area contributed by atoms with Crippen LogP contribution in [0.25, 0.3) is 15.3 Å². The molecule has 0 unspecified atom stereocenters. The molecule has 1 saturated heterocycles. The van der Waals surface area contributed by atoms with Crippen LogP contribution in [-0.2, 0) is 6.54 Å². The molecule has 2 atom stereocenters. The topological polar surface area (TPSA) is 58.9 Å². The van der Waals surface area contributed by atoms with Crippen LogP contribution in [0.3, 0.4) is 0 Å². The van der Waals surface area contributed by atoms with Crippen LogP contribution in [-0.4, -0.2) is 29.5 Å². The van der Waals surface area contributed by atoms with Crippen LogP contribution in [0.5, 0.6) is 0 Å². The van der Waals surface area contributed by atoms with Gasteiger partial charge in [-0.2, -0.15) is 0 Å². The van der Waals surface area contributed by atoms with E-state index in [4.69, 9.17) is 17.2 Å². The third-order valence-electron chi connectivity index (χ3n) is 5.85. The number of thiazole rings is 1. The molecule has 8 heteroatoms. The molecule has 0 aliphatic carbocycles. The zero-order valence-corrected chi connectivity index (χ0v) is 19.2. The van der Waals surface area contributed by atoms with Gasteiger partial charge in [0.05, 0.1) is 33.7 Å².